The number of likely N-dealkylation sites (tertiary alicyclic amines) is 1. The fourth-order valence-corrected chi connectivity index (χ4v) is 4.41. The molecule has 0 aromatic heterocycles. The smallest absolute Gasteiger partial charge is 0.282 e. The quantitative estimate of drug-likeness (QED) is 0.638. The molecule has 5 heteroatoms. The first kappa shape index (κ1) is 22.1. The number of carbonyl (C=O) groups excluding carboxylic acids is 2. The standard InChI is InChI=1S/C27H32N2O3/c1-18-14-16-28(17-15-18)24-23(19-6-12-22(32-5)13-7-19)25(30)29(26(24)31)21-10-8-20(9-11-21)27(2,3)4/h6-13,18H,14-17H2,1-5H3. The molecule has 2 aliphatic heterocycles. The van der Waals surface area contributed by atoms with Gasteiger partial charge < -0.3 is 9.64 Å². The first-order valence-corrected chi connectivity index (χ1v) is 11.3. The average molecular weight is 433 g/mol. The maximum Gasteiger partial charge on any atom is 0.282 e. The third-order valence-corrected chi connectivity index (χ3v) is 6.53. The van der Waals surface area contributed by atoms with Gasteiger partial charge >= 0.3 is 0 Å². The minimum Gasteiger partial charge on any atom is -0.497 e. The van der Waals surface area contributed by atoms with Crippen LogP contribution >= 0.6 is 0 Å². The molecule has 0 aliphatic carbocycles. The Morgan fingerprint density at radius 1 is 0.875 bits per heavy atom. The summed E-state index contributed by atoms with van der Waals surface area (Å²) in [5.74, 6) is 0.842. The summed E-state index contributed by atoms with van der Waals surface area (Å²) in [5.41, 5.74) is 3.51. The van der Waals surface area contributed by atoms with Gasteiger partial charge in [-0.25, -0.2) is 4.90 Å². The predicted molar refractivity (Wildman–Crippen MR) is 128 cm³/mol. The maximum atomic E-state index is 13.7. The van der Waals surface area contributed by atoms with Crippen LogP contribution in [-0.2, 0) is 15.0 Å². The van der Waals surface area contributed by atoms with Crippen molar-refractivity contribution < 1.29 is 14.3 Å². The summed E-state index contributed by atoms with van der Waals surface area (Å²) in [4.78, 5) is 30.8. The number of hydrogen-bond acceptors (Lipinski definition) is 4. The molecule has 2 aromatic carbocycles. The first-order chi connectivity index (χ1) is 15.2. The molecule has 2 amide bonds. The van der Waals surface area contributed by atoms with Crippen LogP contribution in [0, 0.1) is 5.92 Å². The van der Waals surface area contributed by atoms with E-state index in [1.165, 1.54) is 4.90 Å². The number of anilines is 1. The zero-order valence-corrected chi connectivity index (χ0v) is 19.6. The lowest BCUT2D eigenvalue weighted by atomic mass is 9.87. The van der Waals surface area contributed by atoms with Gasteiger partial charge in [0.1, 0.15) is 11.4 Å². The Bertz CT molecular complexity index is 1040. The molecule has 1 fully saturated rings. The van der Waals surface area contributed by atoms with Crippen LogP contribution in [0.2, 0.25) is 0 Å². The fraction of sp³-hybridized carbons (Fsp3) is 0.407. The molecule has 2 aliphatic rings. The van der Waals surface area contributed by atoms with Gasteiger partial charge in [0, 0.05) is 13.1 Å². The number of piperidine rings is 1. The van der Waals surface area contributed by atoms with E-state index in [1.54, 1.807) is 7.11 Å². The molecule has 5 nitrogen and oxygen atoms in total. The summed E-state index contributed by atoms with van der Waals surface area (Å²) < 4.78 is 5.28. The van der Waals surface area contributed by atoms with Crippen LogP contribution in [0.1, 0.15) is 51.7 Å². The largest absolute Gasteiger partial charge is 0.497 e. The molecule has 0 spiro atoms. The molecule has 4 rings (SSSR count). The Balaban J connectivity index is 1.75. The summed E-state index contributed by atoms with van der Waals surface area (Å²) >= 11 is 0. The highest BCUT2D eigenvalue weighted by Gasteiger charge is 2.43. The van der Waals surface area contributed by atoms with Crippen LogP contribution in [0.15, 0.2) is 54.2 Å². The van der Waals surface area contributed by atoms with E-state index in [4.69, 9.17) is 4.74 Å². The van der Waals surface area contributed by atoms with Gasteiger partial charge in [0.15, 0.2) is 0 Å². The maximum absolute atomic E-state index is 13.7. The number of rotatable bonds is 4. The van der Waals surface area contributed by atoms with Crippen LogP contribution < -0.4 is 9.64 Å². The van der Waals surface area contributed by atoms with Gasteiger partial charge in [-0.05, 0) is 59.6 Å². The van der Waals surface area contributed by atoms with E-state index < -0.39 is 0 Å². The van der Waals surface area contributed by atoms with Crippen molar-refractivity contribution in [1.82, 2.24) is 4.90 Å². The van der Waals surface area contributed by atoms with E-state index in [9.17, 15) is 9.59 Å². The molecular weight excluding hydrogens is 400 g/mol. The molecule has 168 valence electrons. The summed E-state index contributed by atoms with van der Waals surface area (Å²) in [6.07, 6.45) is 2.03. The first-order valence-electron chi connectivity index (χ1n) is 11.3. The van der Waals surface area contributed by atoms with E-state index in [2.05, 4.69) is 32.6 Å². The lowest BCUT2D eigenvalue weighted by Crippen LogP contribution is -2.38. The molecule has 0 N–H and O–H groups in total. The van der Waals surface area contributed by atoms with Crippen molar-refractivity contribution in [3.05, 3.63) is 65.4 Å². The van der Waals surface area contributed by atoms with Gasteiger partial charge in [0.05, 0.1) is 18.4 Å². The number of benzene rings is 2. The number of methoxy groups -OCH3 is 1. The van der Waals surface area contributed by atoms with E-state index in [1.807, 2.05) is 48.5 Å². The Kier molecular flexibility index (Phi) is 5.85. The van der Waals surface area contributed by atoms with Gasteiger partial charge in [0.25, 0.3) is 11.8 Å². The van der Waals surface area contributed by atoms with E-state index >= 15 is 0 Å². The van der Waals surface area contributed by atoms with Gasteiger partial charge in [-0.15, -0.1) is 0 Å². The van der Waals surface area contributed by atoms with E-state index in [0.717, 1.165) is 37.1 Å². The van der Waals surface area contributed by atoms with Crippen molar-refractivity contribution in [3.8, 4) is 5.75 Å². The van der Waals surface area contributed by atoms with Crippen LogP contribution in [0.25, 0.3) is 5.57 Å². The fourth-order valence-electron chi connectivity index (χ4n) is 4.41. The van der Waals surface area contributed by atoms with Crippen molar-refractivity contribution in [2.45, 2.75) is 46.0 Å². The highest BCUT2D eigenvalue weighted by Crippen LogP contribution is 2.37. The molecule has 0 atom stereocenters. The topological polar surface area (TPSA) is 49.9 Å². The van der Waals surface area contributed by atoms with E-state index in [-0.39, 0.29) is 17.2 Å². The van der Waals surface area contributed by atoms with Crippen LogP contribution in [0.3, 0.4) is 0 Å². The predicted octanol–water partition coefficient (Wildman–Crippen LogP) is 5.01. The summed E-state index contributed by atoms with van der Waals surface area (Å²) in [7, 11) is 1.61. The second kappa shape index (κ2) is 8.45. The minimum atomic E-state index is -0.266. The Hall–Kier alpha value is -3.08. The van der Waals surface area contributed by atoms with Crippen molar-refractivity contribution in [3.63, 3.8) is 0 Å². The van der Waals surface area contributed by atoms with Gasteiger partial charge in [-0.2, -0.15) is 0 Å². The van der Waals surface area contributed by atoms with Crippen molar-refractivity contribution in [1.29, 1.82) is 0 Å². The SMILES string of the molecule is COc1ccc(C2=C(N3CCC(C)CC3)C(=O)N(c3ccc(C(C)(C)C)cc3)C2=O)cc1. The second-order valence-corrected chi connectivity index (χ2v) is 9.86. The number of imide groups is 1. The normalized spacial score (nSPS) is 18.0. The highest BCUT2D eigenvalue weighted by molar-refractivity contribution is 6.45. The minimum absolute atomic E-state index is 0.000281. The zero-order chi connectivity index (χ0) is 23.0. The molecule has 0 bridgehead atoms. The average Bonchev–Trinajstić information content (AvgIpc) is 3.04. The third-order valence-electron chi connectivity index (χ3n) is 6.53. The van der Waals surface area contributed by atoms with Crippen LogP contribution in [-0.4, -0.2) is 36.9 Å². The molecule has 2 heterocycles. The summed E-state index contributed by atoms with van der Waals surface area (Å²) in [6.45, 7) is 10.2. The van der Waals surface area contributed by atoms with Crippen LogP contribution in [0.4, 0.5) is 5.69 Å². The monoisotopic (exact) mass is 432 g/mol. The van der Waals surface area contributed by atoms with Gasteiger partial charge in [-0.1, -0.05) is 52.0 Å². The molecular formula is C27H32N2O3. The molecule has 1 saturated heterocycles. The second-order valence-electron chi connectivity index (χ2n) is 9.86. The summed E-state index contributed by atoms with van der Waals surface area (Å²) in [6, 6.07) is 15.1. The Morgan fingerprint density at radius 2 is 1.47 bits per heavy atom. The Morgan fingerprint density at radius 3 is 2.00 bits per heavy atom. The third kappa shape index (κ3) is 4.04. The van der Waals surface area contributed by atoms with Gasteiger partial charge in [0.2, 0.25) is 0 Å². The van der Waals surface area contributed by atoms with Gasteiger partial charge in [-0.3, -0.25) is 9.59 Å². The highest BCUT2D eigenvalue weighted by atomic mass is 16.5. The van der Waals surface area contributed by atoms with E-state index in [0.29, 0.717) is 28.6 Å². The number of nitrogens with zero attached hydrogens (tertiary/aromatic N) is 2. The summed E-state index contributed by atoms with van der Waals surface area (Å²) in [5, 5.41) is 0. The molecule has 0 saturated carbocycles. The molecule has 0 radical (unpaired) electrons. The van der Waals surface area contributed by atoms with Crippen LogP contribution in [0.5, 0.6) is 5.75 Å². The number of amides is 2. The zero-order valence-electron chi connectivity index (χ0n) is 19.6. The number of ether oxygens (including phenoxy) is 1. The van der Waals surface area contributed by atoms with Crippen molar-refractivity contribution >= 4 is 23.1 Å². The molecule has 2 aromatic rings. The Labute approximate surface area is 190 Å². The molecule has 0 unspecified atom stereocenters. The van der Waals surface area contributed by atoms with Crippen molar-refractivity contribution in [2.24, 2.45) is 5.92 Å². The molecule has 32 heavy (non-hydrogen) atoms. The lowest BCUT2D eigenvalue weighted by Gasteiger charge is -2.32. The number of carbonyl (C=O) groups is 2. The lowest BCUT2D eigenvalue weighted by molar-refractivity contribution is -0.120. The van der Waals surface area contributed by atoms with Crippen molar-refractivity contribution in [2.75, 3.05) is 25.1 Å². The number of hydrogen-bond donors (Lipinski definition) is 0.